The maximum Gasteiger partial charge on any atom is 0.405 e. The van der Waals surface area contributed by atoms with Crippen molar-refractivity contribution in [1.82, 2.24) is 25.5 Å². The lowest BCUT2D eigenvalue weighted by Crippen LogP contribution is -2.29. The highest BCUT2D eigenvalue weighted by atomic mass is 16.4. The quantitative estimate of drug-likeness (QED) is 0.687. The minimum Gasteiger partial charge on any atom is -0.465 e. The first kappa shape index (κ1) is 15.4. The molecule has 0 aliphatic heterocycles. The summed E-state index contributed by atoms with van der Waals surface area (Å²) in [5.74, 6) is 0.222. The normalized spacial score (nSPS) is 11.6. The number of nitrogens with zero attached hydrogens (tertiary/aromatic N) is 5. The molecule has 0 aliphatic rings. The number of nitrogens with one attached hydrogen (secondary N) is 1. The third-order valence-electron chi connectivity index (χ3n) is 2.90. The van der Waals surface area contributed by atoms with E-state index < -0.39 is 12.1 Å². The van der Waals surface area contributed by atoms with Crippen LogP contribution in [0.25, 0.3) is 0 Å². The molecular weight excluding hydrogens is 288 g/mol. The van der Waals surface area contributed by atoms with Crippen molar-refractivity contribution >= 4 is 6.09 Å². The Hall–Kier alpha value is -2.99. The second-order valence-corrected chi connectivity index (χ2v) is 4.48. The fraction of sp³-hybridized carbons (Fsp3) is 0.308. The fourth-order valence-electron chi connectivity index (χ4n) is 1.89. The van der Waals surface area contributed by atoms with Crippen molar-refractivity contribution < 1.29 is 15.0 Å². The minimum atomic E-state index is -1.20. The molecule has 1 atom stereocenters. The summed E-state index contributed by atoms with van der Waals surface area (Å²) in [6, 6.07) is 8.15. The van der Waals surface area contributed by atoms with Crippen molar-refractivity contribution in [1.29, 1.82) is 5.26 Å². The summed E-state index contributed by atoms with van der Waals surface area (Å²) in [7, 11) is 0. The Morgan fingerprint density at radius 3 is 2.73 bits per heavy atom. The molecule has 0 spiro atoms. The first-order chi connectivity index (χ1) is 10.6. The van der Waals surface area contributed by atoms with Crippen molar-refractivity contribution in [2.75, 3.05) is 6.61 Å². The number of carboxylic acid groups (broad SMARTS) is 1. The van der Waals surface area contributed by atoms with Gasteiger partial charge in [-0.15, -0.1) is 10.2 Å². The summed E-state index contributed by atoms with van der Waals surface area (Å²) in [6.45, 7) is 0.0477. The van der Waals surface area contributed by atoms with Crippen LogP contribution >= 0.6 is 0 Å². The van der Waals surface area contributed by atoms with E-state index in [0.29, 0.717) is 12.0 Å². The van der Waals surface area contributed by atoms with Crippen molar-refractivity contribution in [3.8, 4) is 6.07 Å². The molecule has 1 amide bonds. The Morgan fingerprint density at radius 1 is 1.41 bits per heavy atom. The molecular formula is C13H14N6O3. The first-order valence-corrected chi connectivity index (χ1v) is 6.49. The van der Waals surface area contributed by atoms with Crippen LogP contribution in [0.1, 0.15) is 23.0 Å². The lowest BCUT2D eigenvalue weighted by Gasteiger charge is -2.13. The Bertz CT molecular complexity index is 676. The molecule has 1 aromatic heterocycles. The minimum absolute atomic E-state index is 0.136. The number of aliphatic hydroxyl groups is 1. The van der Waals surface area contributed by atoms with Gasteiger partial charge in [0.15, 0.2) is 5.82 Å². The Morgan fingerprint density at radius 2 is 2.14 bits per heavy atom. The zero-order chi connectivity index (χ0) is 15.9. The zero-order valence-electron chi connectivity index (χ0n) is 11.5. The molecule has 114 valence electrons. The van der Waals surface area contributed by atoms with Crippen molar-refractivity contribution in [2.45, 2.75) is 19.0 Å². The van der Waals surface area contributed by atoms with Gasteiger partial charge in [0, 0.05) is 6.42 Å². The predicted molar refractivity (Wildman–Crippen MR) is 73.7 cm³/mol. The van der Waals surface area contributed by atoms with E-state index in [0.717, 1.165) is 5.56 Å². The molecule has 9 nitrogen and oxygen atoms in total. The van der Waals surface area contributed by atoms with Crippen molar-refractivity contribution in [3.05, 3.63) is 41.2 Å². The van der Waals surface area contributed by atoms with Gasteiger partial charge in [0.1, 0.15) is 6.04 Å². The number of aliphatic hydroxyl groups excluding tert-OH is 1. The van der Waals surface area contributed by atoms with Crippen molar-refractivity contribution in [2.24, 2.45) is 0 Å². The molecule has 1 heterocycles. The van der Waals surface area contributed by atoms with E-state index in [-0.39, 0.29) is 19.0 Å². The van der Waals surface area contributed by atoms with Crippen LogP contribution in [0.5, 0.6) is 0 Å². The summed E-state index contributed by atoms with van der Waals surface area (Å²) in [4.78, 5) is 12.1. The standard InChI is InChI=1S/C13H14N6O3/c14-8-10-3-1-9(2-4-10)7-11(15-13(21)22)12-16-18-19(17-12)5-6-20/h1-4,11,15,20H,5-7H2,(H,21,22). The van der Waals surface area contributed by atoms with Gasteiger partial charge < -0.3 is 15.5 Å². The number of aromatic nitrogens is 4. The molecule has 0 aliphatic carbocycles. The monoisotopic (exact) mass is 302 g/mol. The maximum atomic E-state index is 10.9. The van der Waals surface area contributed by atoms with Crippen LogP contribution in [0.2, 0.25) is 0 Å². The number of benzene rings is 1. The van der Waals surface area contributed by atoms with Crippen LogP contribution in [-0.4, -0.2) is 43.1 Å². The number of hydrogen-bond donors (Lipinski definition) is 3. The van der Waals surface area contributed by atoms with Gasteiger partial charge in [-0.3, -0.25) is 0 Å². The van der Waals surface area contributed by atoms with E-state index in [9.17, 15) is 4.79 Å². The summed E-state index contributed by atoms with van der Waals surface area (Å²) in [5, 5.41) is 40.5. The van der Waals surface area contributed by atoms with E-state index >= 15 is 0 Å². The van der Waals surface area contributed by atoms with Gasteiger partial charge in [-0.05, 0) is 22.9 Å². The first-order valence-electron chi connectivity index (χ1n) is 6.49. The Labute approximate surface area is 125 Å². The third kappa shape index (κ3) is 4.00. The molecule has 2 aromatic rings. The van der Waals surface area contributed by atoms with Crippen LogP contribution in [-0.2, 0) is 13.0 Å². The summed E-state index contributed by atoms with van der Waals surface area (Å²) in [6.07, 6.45) is -0.875. The van der Waals surface area contributed by atoms with E-state index in [4.69, 9.17) is 15.5 Å². The summed E-state index contributed by atoms with van der Waals surface area (Å²) in [5.41, 5.74) is 1.36. The van der Waals surface area contributed by atoms with Crippen LogP contribution in [0.15, 0.2) is 24.3 Å². The second kappa shape index (κ2) is 7.14. The number of nitriles is 1. The van der Waals surface area contributed by atoms with Gasteiger partial charge in [0.2, 0.25) is 0 Å². The Kier molecular flexibility index (Phi) is 5.00. The smallest absolute Gasteiger partial charge is 0.405 e. The van der Waals surface area contributed by atoms with Gasteiger partial charge in [-0.2, -0.15) is 10.1 Å². The molecule has 1 aromatic carbocycles. The fourth-order valence-corrected chi connectivity index (χ4v) is 1.89. The van der Waals surface area contributed by atoms with E-state index in [1.807, 2.05) is 6.07 Å². The average Bonchev–Trinajstić information content (AvgIpc) is 2.96. The van der Waals surface area contributed by atoms with Gasteiger partial charge in [-0.1, -0.05) is 12.1 Å². The number of tetrazole rings is 1. The van der Waals surface area contributed by atoms with E-state index in [2.05, 4.69) is 20.7 Å². The molecule has 22 heavy (non-hydrogen) atoms. The number of hydrogen-bond acceptors (Lipinski definition) is 6. The highest BCUT2D eigenvalue weighted by molar-refractivity contribution is 5.65. The van der Waals surface area contributed by atoms with Crippen LogP contribution in [0, 0.1) is 11.3 Å². The van der Waals surface area contributed by atoms with Crippen LogP contribution < -0.4 is 5.32 Å². The molecule has 3 N–H and O–H groups in total. The lowest BCUT2D eigenvalue weighted by atomic mass is 10.0. The number of rotatable bonds is 6. The largest absolute Gasteiger partial charge is 0.465 e. The highest BCUT2D eigenvalue weighted by Gasteiger charge is 2.20. The second-order valence-electron chi connectivity index (χ2n) is 4.48. The molecule has 0 bridgehead atoms. The molecule has 2 rings (SSSR count). The lowest BCUT2D eigenvalue weighted by molar-refractivity contribution is 0.189. The topological polar surface area (TPSA) is 137 Å². The van der Waals surface area contributed by atoms with Gasteiger partial charge in [0.05, 0.1) is 24.8 Å². The zero-order valence-corrected chi connectivity index (χ0v) is 11.5. The number of carbonyl (C=O) groups is 1. The number of amides is 1. The van der Waals surface area contributed by atoms with E-state index in [1.165, 1.54) is 4.80 Å². The maximum absolute atomic E-state index is 10.9. The highest BCUT2D eigenvalue weighted by Crippen LogP contribution is 2.15. The van der Waals surface area contributed by atoms with Crippen molar-refractivity contribution in [3.63, 3.8) is 0 Å². The summed E-state index contributed by atoms with van der Waals surface area (Å²) < 4.78 is 0. The predicted octanol–water partition coefficient (Wildman–Crippen LogP) is 0.0885. The SMILES string of the molecule is N#Cc1ccc(CC(NC(=O)O)c2nnn(CCO)n2)cc1. The third-order valence-corrected chi connectivity index (χ3v) is 2.90. The average molecular weight is 302 g/mol. The Balaban J connectivity index is 2.17. The molecule has 0 radical (unpaired) electrons. The van der Waals surface area contributed by atoms with Gasteiger partial charge in [0.25, 0.3) is 0 Å². The van der Waals surface area contributed by atoms with E-state index in [1.54, 1.807) is 24.3 Å². The molecule has 1 unspecified atom stereocenters. The molecule has 9 heteroatoms. The van der Waals surface area contributed by atoms with Gasteiger partial charge in [-0.25, -0.2) is 4.79 Å². The molecule has 0 saturated carbocycles. The molecule has 0 fully saturated rings. The van der Waals surface area contributed by atoms with Crippen LogP contribution in [0.4, 0.5) is 4.79 Å². The molecule has 0 saturated heterocycles. The van der Waals surface area contributed by atoms with Gasteiger partial charge >= 0.3 is 6.09 Å². The summed E-state index contributed by atoms with van der Waals surface area (Å²) >= 11 is 0. The van der Waals surface area contributed by atoms with Crippen LogP contribution in [0.3, 0.4) is 0 Å².